The number of nitrogens with zero attached hydrogens (tertiary/aromatic N) is 1. The van der Waals surface area contributed by atoms with Gasteiger partial charge in [0.25, 0.3) is 0 Å². The quantitative estimate of drug-likeness (QED) is 0.865. The Morgan fingerprint density at radius 2 is 1.95 bits per heavy atom. The van der Waals surface area contributed by atoms with E-state index in [0.717, 1.165) is 6.42 Å². The fourth-order valence-corrected chi connectivity index (χ4v) is 2.88. The molecular weight excluding hydrogens is 264 g/mol. The first-order chi connectivity index (χ1) is 9.76. The summed E-state index contributed by atoms with van der Waals surface area (Å²) in [7, 11) is 0. The van der Waals surface area contributed by atoms with Crippen LogP contribution in [0.15, 0.2) is 24.3 Å². The lowest BCUT2D eigenvalue weighted by Crippen LogP contribution is -2.50. The van der Waals surface area contributed by atoms with Crippen molar-refractivity contribution in [3.63, 3.8) is 0 Å². The monoisotopic (exact) mass is 290 g/mol. The van der Waals surface area contributed by atoms with Crippen molar-refractivity contribution in [1.29, 1.82) is 0 Å². The second-order valence-corrected chi connectivity index (χ2v) is 6.93. The summed E-state index contributed by atoms with van der Waals surface area (Å²) in [4.78, 5) is 14.0. The molecule has 0 aromatic heterocycles. The number of nitrogens with two attached hydrogens (primary N) is 1. The lowest BCUT2D eigenvalue weighted by molar-refractivity contribution is 0.0180. The van der Waals surface area contributed by atoms with Crippen molar-refractivity contribution in [3.05, 3.63) is 35.4 Å². The van der Waals surface area contributed by atoms with Crippen LogP contribution in [0.2, 0.25) is 0 Å². The van der Waals surface area contributed by atoms with Crippen molar-refractivity contribution in [2.45, 2.75) is 51.7 Å². The molecule has 1 aromatic rings. The molecular formula is C17H26N2O2. The minimum atomic E-state index is -0.475. The van der Waals surface area contributed by atoms with Crippen LogP contribution in [0.1, 0.15) is 44.2 Å². The van der Waals surface area contributed by atoms with Gasteiger partial charge in [-0.15, -0.1) is 0 Å². The van der Waals surface area contributed by atoms with Gasteiger partial charge in [0.1, 0.15) is 5.60 Å². The van der Waals surface area contributed by atoms with Crippen molar-refractivity contribution in [2.75, 3.05) is 13.1 Å². The highest BCUT2D eigenvalue weighted by molar-refractivity contribution is 5.68. The van der Waals surface area contributed by atoms with E-state index >= 15 is 0 Å². The second kappa shape index (κ2) is 6.06. The van der Waals surface area contributed by atoms with Gasteiger partial charge in [0.05, 0.1) is 0 Å². The number of benzene rings is 1. The second-order valence-electron chi connectivity index (χ2n) is 6.93. The SMILES string of the molecule is Cc1ccccc1[C@H]1C[C@@H](N)CN(C(=O)OC(C)(C)C)C1. The maximum Gasteiger partial charge on any atom is 0.410 e. The Kier molecular flexibility index (Phi) is 4.57. The van der Waals surface area contributed by atoms with E-state index in [1.807, 2.05) is 32.9 Å². The van der Waals surface area contributed by atoms with Crippen LogP contribution in [0.3, 0.4) is 0 Å². The molecule has 0 aliphatic carbocycles. The van der Waals surface area contributed by atoms with E-state index in [2.05, 4.69) is 19.1 Å². The van der Waals surface area contributed by atoms with Crippen molar-refractivity contribution >= 4 is 6.09 Å². The Hall–Kier alpha value is -1.55. The molecule has 0 radical (unpaired) electrons. The Morgan fingerprint density at radius 1 is 1.29 bits per heavy atom. The molecule has 2 N–H and O–H groups in total. The molecule has 1 amide bonds. The molecule has 0 saturated carbocycles. The Morgan fingerprint density at radius 3 is 2.57 bits per heavy atom. The van der Waals surface area contributed by atoms with E-state index in [-0.39, 0.29) is 18.1 Å². The molecule has 0 bridgehead atoms. The molecule has 1 saturated heterocycles. The molecule has 1 aromatic carbocycles. The molecule has 1 aliphatic rings. The van der Waals surface area contributed by atoms with E-state index in [0.29, 0.717) is 13.1 Å². The van der Waals surface area contributed by atoms with Crippen LogP contribution in [0.5, 0.6) is 0 Å². The summed E-state index contributed by atoms with van der Waals surface area (Å²) in [6, 6.07) is 8.31. The average Bonchev–Trinajstić information content (AvgIpc) is 2.36. The summed E-state index contributed by atoms with van der Waals surface area (Å²) in [5, 5.41) is 0. The van der Waals surface area contributed by atoms with Gasteiger partial charge < -0.3 is 15.4 Å². The number of aryl methyl sites for hydroxylation is 1. The maximum absolute atomic E-state index is 12.3. The summed E-state index contributed by atoms with van der Waals surface area (Å²) >= 11 is 0. The van der Waals surface area contributed by atoms with Gasteiger partial charge in [0, 0.05) is 25.0 Å². The summed E-state index contributed by atoms with van der Waals surface area (Å²) in [6.45, 7) is 8.99. The van der Waals surface area contributed by atoms with Crippen LogP contribution in [-0.4, -0.2) is 35.7 Å². The summed E-state index contributed by atoms with van der Waals surface area (Å²) in [5.41, 5.74) is 8.21. The van der Waals surface area contributed by atoms with E-state index in [1.54, 1.807) is 4.90 Å². The van der Waals surface area contributed by atoms with Crippen LogP contribution in [0.4, 0.5) is 4.79 Å². The molecule has 21 heavy (non-hydrogen) atoms. The third-order valence-corrected chi connectivity index (χ3v) is 3.76. The van der Waals surface area contributed by atoms with E-state index in [1.165, 1.54) is 11.1 Å². The third-order valence-electron chi connectivity index (χ3n) is 3.76. The Labute approximate surface area is 127 Å². The van der Waals surface area contributed by atoms with Gasteiger partial charge >= 0.3 is 6.09 Å². The van der Waals surface area contributed by atoms with Crippen LogP contribution < -0.4 is 5.73 Å². The first-order valence-corrected chi connectivity index (χ1v) is 7.55. The van der Waals surface area contributed by atoms with Gasteiger partial charge in [-0.3, -0.25) is 0 Å². The fraction of sp³-hybridized carbons (Fsp3) is 0.588. The molecule has 2 rings (SSSR count). The summed E-state index contributed by atoms with van der Waals surface area (Å²) in [5.74, 6) is 0.280. The molecule has 4 nitrogen and oxygen atoms in total. The largest absolute Gasteiger partial charge is 0.444 e. The number of ether oxygens (including phenoxy) is 1. The molecule has 116 valence electrons. The van der Waals surface area contributed by atoms with Crippen molar-refractivity contribution in [1.82, 2.24) is 4.90 Å². The van der Waals surface area contributed by atoms with Crippen molar-refractivity contribution in [2.24, 2.45) is 5.73 Å². The molecule has 1 fully saturated rings. The van der Waals surface area contributed by atoms with Gasteiger partial charge in [0.15, 0.2) is 0 Å². The van der Waals surface area contributed by atoms with Gasteiger partial charge in [-0.25, -0.2) is 4.79 Å². The Bertz CT molecular complexity index is 508. The molecule has 4 heteroatoms. The van der Waals surface area contributed by atoms with Crippen molar-refractivity contribution in [3.8, 4) is 0 Å². The Balaban J connectivity index is 2.13. The smallest absolute Gasteiger partial charge is 0.410 e. The summed E-state index contributed by atoms with van der Waals surface area (Å²) in [6.07, 6.45) is 0.640. The zero-order chi connectivity index (χ0) is 15.6. The van der Waals surface area contributed by atoms with Crippen LogP contribution in [-0.2, 0) is 4.74 Å². The van der Waals surface area contributed by atoms with Crippen LogP contribution in [0, 0.1) is 6.92 Å². The number of rotatable bonds is 1. The zero-order valence-corrected chi connectivity index (χ0v) is 13.4. The minimum absolute atomic E-state index is 0.00382. The first kappa shape index (κ1) is 15.8. The molecule has 0 unspecified atom stereocenters. The number of hydrogen-bond acceptors (Lipinski definition) is 3. The highest BCUT2D eigenvalue weighted by atomic mass is 16.6. The lowest BCUT2D eigenvalue weighted by atomic mass is 9.86. The van der Waals surface area contributed by atoms with Gasteiger partial charge in [-0.1, -0.05) is 24.3 Å². The number of piperidine rings is 1. The standard InChI is InChI=1S/C17H26N2O2/c1-12-7-5-6-8-15(12)13-9-14(18)11-19(10-13)16(20)21-17(2,3)4/h5-8,13-14H,9-11,18H2,1-4H3/t13-,14+/m0/s1. The highest BCUT2D eigenvalue weighted by Crippen LogP contribution is 2.29. The third kappa shape index (κ3) is 4.21. The van der Waals surface area contributed by atoms with Crippen LogP contribution >= 0.6 is 0 Å². The lowest BCUT2D eigenvalue weighted by Gasteiger charge is -2.37. The molecule has 1 heterocycles. The minimum Gasteiger partial charge on any atom is -0.444 e. The van der Waals surface area contributed by atoms with E-state index < -0.39 is 5.60 Å². The predicted octanol–water partition coefficient (Wildman–Crippen LogP) is 3.05. The number of hydrogen-bond donors (Lipinski definition) is 1. The van der Waals surface area contributed by atoms with Crippen molar-refractivity contribution < 1.29 is 9.53 Å². The normalized spacial score (nSPS) is 23.0. The number of carbonyl (C=O) groups is 1. The maximum atomic E-state index is 12.3. The first-order valence-electron chi connectivity index (χ1n) is 7.55. The average molecular weight is 290 g/mol. The highest BCUT2D eigenvalue weighted by Gasteiger charge is 2.32. The number of likely N-dealkylation sites (tertiary alicyclic amines) is 1. The predicted molar refractivity (Wildman–Crippen MR) is 84.3 cm³/mol. The number of amides is 1. The van der Waals surface area contributed by atoms with Gasteiger partial charge in [0.2, 0.25) is 0 Å². The van der Waals surface area contributed by atoms with Gasteiger partial charge in [-0.2, -0.15) is 0 Å². The molecule has 0 spiro atoms. The molecule has 2 atom stereocenters. The zero-order valence-electron chi connectivity index (χ0n) is 13.4. The van der Waals surface area contributed by atoms with E-state index in [9.17, 15) is 4.79 Å². The topological polar surface area (TPSA) is 55.6 Å². The number of carbonyl (C=O) groups excluding carboxylic acids is 1. The van der Waals surface area contributed by atoms with Gasteiger partial charge in [-0.05, 0) is 45.2 Å². The van der Waals surface area contributed by atoms with E-state index in [4.69, 9.17) is 10.5 Å². The molecule has 1 aliphatic heterocycles. The fourth-order valence-electron chi connectivity index (χ4n) is 2.88. The summed E-state index contributed by atoms with van der Waals surface area (Å²) < 4.78 is 5.47. The van der Waals surface area contributed by atoms with Crippen LogP contribution in [0.25, 0.3) is 0 Å².